The SMILES string of the molecule is O=C(CNC1CCCc2[nH]c(=O)ccc21)N1CCCCC1. The largest absolute Gasteiger partial charge is 0.342 e. The second-order valence-corrected chi connectivity index (χ2v) is 6.02. The van der Waals surface area contributed by atoms with Crippen LogP contribution in [0, 0.1) is 0 Å². The normalized spacial score (nSPS) is 21.9. The fourth-order valence-corrected chi connectivity index (χ4v) is 3.38. The van der Waals surface area contributed by atoms with Crippen LogP contribution >= 0.6 is 0 Å². The van der Waals surface area contributed by atoms with Crippen LogP contribution in [0.4, 0.5) is 0 Å². The number of aryl methyl sites for hydroxylation is 1. The fourth-order valence-electron chi connectivity index (χ4n) is 3.38. The molecule has 1 unspecified atom stereocenters. The Hall–Kier alpha value is -1.62. The van der Waals surface area contributed by atoms with E-state index in [0.717, 1.165) is 56.5 Å². The number of amides is 1. The zero-order valence-electron chi connectivity index (χ0n) is 12.4. The molecular weight excluding hydrogens is 266 g/mol. The molecule has 114 valence electrons. The summed E-state index contributed by atoms with van der Waals surface area (Å²) >= 11 is 0. The van der Waals surface area contributed by atoms with Gasteiger partial charge in [-0.15, -0.1) is 0 Å². The third-order valence-corrected chi connectivity index (χ3v) is 4.54. The first-order valence-corrected chi connectivity index (χ1v) is 7.97. The predicted molar refractivity (Wildman–Crippen MR) is 81.2 cm³/mol. The lowest BCUT2D eigenvalue weighted by atomic mass is 9.91. The number of fused-ring (bicyclic) bond motifs is 1. The number of carbonyl (C=O) groups is 1. The Morgan fingerprint density at radius 2 is 2.05 bits per heavy atom. The van der Waals surface area contributed by atoms with Crippen LogP contribution in [-0.4, -0.2) is 35.4 Å². The van der Waals surface area contributed by atoms with Gasteiger partial charge >= 0.3 is 0 Å². The van der Waals surface area contributed by atoms with Crippen LogP contribution in [0.1, 0.15) is 49.4 Å². The van der Waals surface area contributed by atoms with Crippen molar-refractivity contribution in [2.75, 3.05) is 19.6 Å². The second-order valence-electron chi connectivity index (χ2n) is 6.02. The number of aromatic nitrogens is 1. The summed E-state index contributed by atoms with van der Waals surface area (Å²) in [4.78, 5) is 28.5. The van der Waals surface area contributed by atoms with E-state index in [-0.39, 0.29) is 17.5 Å². The topological polar surface area (TPSA) is 65.2 Å². The number of nitrogens with one attached hydrogen (secondary N) is 2. The van der Waals surface area contributed by atoms with E-state index in [2.05, 4.69) is 10.3 Å². The molecule has 1 amide bonds. The van der Waals surface area contributed by atoms with Crippen LogP contribution in [0.2, 0.25) is 0 Å². The third kappa shape index (κ3) is 3.35. The van der Waals surface area contributed by atoms with E-state index in [0.29, 0.717) is 6.54 Å². The van der Waals surface area contributed by atoms with Crippen LogP contribution in [0.5, 0.6) is 0 Å². The van der Waals surface area contributed by atoms with Crippen molar-refractivity contribution in [3.8, 4) is 0 Å². The summed E-state index contributed by atoms with van der Waals surface area (Å²) in [6, 6.07) is 3.65. The van der Waals surface area contributed by atoms with E-state index in [9.17, 15) is 9.59 Å². The van der Waals surface area contributed by atoms with Gasteiger partial charge in [-0.2, -0.15) is 0 Å². The molecule has 2 N–H and O–H groups in total. The van der Waals surface area contributed by atoms with Crippen LogP contribution < -0.4 is 10.9 Å². The van der Waals surface area contributed by atoms with E-state index >= 15 is 0 Å². The Morgan fingerprint density at radius 3 is 2.86 bits per heavy atom. The molecule has 3 rings (SSSR count). The summed E-state index contributed by atoms with van der Waals surface area (Å²) in [6.07, 6.45) is 6.47. The Balaban J connectivity index is 1.61. The van der Waals surface area contributed by atoms with Crippen molar-refractivity contribution in [3.05, 3.63) is 33.7 Å². The summed E-state index contributed by atoms with van der Waals surface area (Å²) in [5.41, 5.74) is 2.13. The van der Waals surface area contributed by atoms with Crippen molar-refractivity contribution < 1.29 is 4.79 Å². The number of aromatic amines is 1. The van der Waals surface area contributed by atoms with Crippen molar-refractivity contribution in [1.82, 2.24) is 15.2 Å². The van der Waals surface area contributed by atoms with Gasteiger partial charge in [-0.05, 0) is 44.1 Å². The summed E-state index contributed by atoms with van der Waals surface area (Å²) in [7, 11) is 0. The predicted octanol–water partition coefficient (Wildman–Crippen LogP) is 1.35. The Kier molecular flexibility index (Phi) is 4.39. The molecule has 5 nitrogen and oxygen atoms in total. The minimum Gasteiger partial charge on any atom is -0.342 e. The first kappa shape index (κ1) is 14.3. The maximum atomic E-state index is 12.2. The van der Waals surface area contributed by atoms with Gasteiger partial charge < -0.3 is 15.2 Å². The Morgan fingerprint density at radius 1 is 1.24 bits per heavy atom. The van der Waals surface area contributed by atoms with Crippen molar-refractivity contribution in [3.63, 3.8) is 0 Å². The number of rotatable bonds is 3. The van der Waals surface area contributed by atoms with Crippen molar-refractivity contribution in [2.45, 2.75) is 44.6 Å². The summed E-state index contributed by atoms with van der Waals surface area (Å²) < 4.78 is 0. The van der Waals surface area contributed by atoms with E-state index in [1.165, 1.54) is 6.42 Å². The van der Waals surface area contributed by atoms with E-state index in [4.69, 9.17) is 0 Å². The Labute approximate surface area is 124 Å². The highest BCUT2D eigenvalue weighted by Gasteiger charge is 2.22. The minimum absolute atomic E-state index is 0.0428. The highest BCUT2D eigenvalue weighted by atomic mass is 16.2. The first-order chi connectivity index (χ1) is 10.2. The molecular formula is C16H23N3O2. The number of piperidine rings is 1. The number of carbonyl (C=O) groups excluding carboxylic acids is 1. The Bertz CT molecular complexity index is 561. The average molecular weight is 289 g/mol. The number of likely N-dealkylation sites (tertiary alicyclic amines) is 1. The molecule has 0 aromatic carbocycles. The second kappa shape index (κ2) is 6.43. The van der Waals surface area contributed by atoms with Gasteiger partial charge in [0.15, 0.2) is 0 Å². The van der Waals surface area contributed by atoms with Crippen LogP contribution in [0.25, 0.3) is 0 Å². The van der Waals surface area contributed by atoms with E-state index in [1.807, 2.05) is 11.0 Å². The molecule has 1 aromatic heterocycles. The number of hydrogen-bond acceptors (Lipinski definition) is 3. The molecule has 1 aliphatic carbocycles. The van der Waals surface area contributed by atoms with Crippen LogP contribution in [-0.2, 0) is 11.2 Å². The molecule has 5 heteroatoms. The van der Waals surface area contributed by atoms with E-state index in [1.54, 1.807) is 6.07 Å². The average Bonchev–Trinajstić information content (AvgIpc) is 2.53. The van der Waals surface area contributed by atoms with Gasteiger partial charge in [0.25, 0.3) is 0 Å². The molecule has 2 heterocycles. The first-order valence-electron chi connectivity index (χ1n) is 7.97. The quantitative estimate of drug-likeness (QED) is 0.883. The molecule has 1 fully saturated rings. The molecule has 1 aromatic rings. The molecule has 21 heavy (non-hydrogen) atoms. The maximum absolute atomic E-state index is 12.2. The molecule has 0 radical (unpaired) electrons. The highest BCUT2D eigenvalue weighted by Crippen LogP contribution is 2.27. The third-order valence-electron chi connectivity index (χ3n) is 4.54. The van der Waals surface area contributed by atoms with Gasteiger partial charge in [0, 0.05) is 30.9 Å². The molecule has 0 saturated carbocycles. The number of H-pyrrole nitrogens is 1. The van der Waals surface area contributed by atoms with Gasteiger partial charge in [-0.3, -0.25) is 9.59 Å². The lowest BCUT2D eigenvalue weighted by Gasteiger charge is -2.29. The monoisotopic (exact) mass is 289 g/mol. The van der Waals surface area contributed by atoms with Gasteiger partial charge in [0.1, 0.15) is 0 Å². The van der Waals surface area contributed by atoms with Crippen molar-refractivity contribution >= 4 is 5.91 Å². The lowest BCUT2D eigenvalue weighted by molar-refractivity contribution is -0.131. The standard InChI is InChI=1S/C16H23N3O2/c20-15-8-7-12-13(5-4-6-14(12)18-15)17-11-16(21)19-9-2-1-3-10-19/h7-8,13,17H,1-6,9-11H2,(H,18,20). The van der Waals surface area contributed by atoms with Crippen molar-refractivity contribution in [1.29, 1.82) is 0 Å². The zero-order valence-corrected chi connectivity index (χ0v) is 12.4. The van der Waals surface area contributed by atoms with Gasteiger partial charge in [0.05, 0.1) is 6.54 Å². The minimum atomic E-state index is -0.0428. The van der Waals surface area contributed by atoms with Gasteiger partial charge in [-0.25, -0.2) is 0 Å². The fraction of sp³-hybridized carbons (Fsp3) is 0.625. The van der Waals surface area contributed by atoms with Gasteiger partial charge in [0.2, 0.25) is 11.5 Å². The molecule has 1 aliphatic heterocycles. The smallest absolute Gasteiger partial charge is 0.248 e. The lowest BCUT2D eigenvalue weighted by Crippen LogP contribution is -2.42. The van der Waals surface area contributed by atoms with E-state index < -0.39 is 0 Å². The number of hydrogen-bond donors (Lipinski definition) is 2. The molecule has 0 spiro atoms. The van der Waals surface area contributed by atoms with Crippen molar-refractivity contribution in [2.24, 2.45) is 0 Å². The molecule has 1 atom stereocenters. The zero-order chi connectivity index (χ0) is 14.7. The molecule has 1 saturated heterocycles. The molecule has 0 bridgehead atoms. The van der Waals surface area contributed by atoms with Gasteiger partial charge in [-0.1, -0.05) is 6.07 Å². The summed E-state index contributed by atoms with van der Waals surface area (Å²) in [6.45, 7) is 2.19. The maximum Gasteiger partial charge on any atom is 0.248 e. The number of pyridine rings is 1. The van der Waals surface area contributed by atoms with Crippen LogP contribution in [0.15, 0.2) is 16.9 Å². The summed E-state index contributed by atoms with van der Waals surface area (Å²) in [5.74, 6) is 0.200. The molecule has 2 aliphatic rings. The van der Waals surface area contributed by atoms with Crippen LogP contribution in [0.3, 0.4) is 0 Å². The number of nitrogens with zero attached hydrogens (tertiary/aromatic N) is 1. The highest BCUT2D eigenvalue weighted by molar-refractivity contribution is 5.78. The summed E-state index contributed by atoms with van der Waals surface area (Å²) in [5, 5.41) is 3.38.